The smallest absolute Gasteiger partial charge is 0.188 e. The first-order valence-corrected chi connectivity index (χ1v) is 9.60. The highest BCUT2D eigenvalue weighted by molar-refractivity contribution is 7.80. The van der Waals surface area contributed by atoms with Gasteiger partial charge in [0.15, 0.2) is 10.8 Å². The van der Waals surface area contributed by atoms with Crippen LogP contribution in [0.25, 0.3) is 0 Å². The Morgan fingerprint density at radius 2 is 2.00 bits per heavy atom. The topological polar surface area (TPSA) is 33.7 Å². The zero-order chi connectivity index (χ0) is 18.3. The number of thiocarbonyl (C=S) groups is 1. The van der Waals surface area contributed by atoms with E-state index in [0.29, 0.717) is 11.7 Å². The van der Waals surface area contributed by atoms with Crippen molar-refractivity contribution in [1.82, 2.24) is 5.32 Å². The van der Waals surface area contributed by atoms with Crippen molar-refractivity contribution in [3.05, 3.63) is 53.6 Å². The number of anilines is 1. The molecule has 5 heteroatoms. The third-order valence-electron chi connectivity index (χ3n) is 5.15. The minimum Gasteiger partial charge on any atom is -0.494 e. The number of hydrogen-bond acceptors (Lipinski definition) is 3. The summed E-state index contributed by atoms with van der Waals surface area (Å²) in [5.74, 6) is 1.80. The van der Waals surface area contributed by atoms with Crippen molar-refractivity contribution >= 4 is 23.0 Å². The molecule has 2 aromatic carbocycles. The van der Waals surface area contributed by atoms with Crippen molar-refractivity contribution < 1.29 is 9.47 Å². The van der Waals surface area contributed by atoms with Gasteiger partial charge in [-0.05, 0) is 68.4 Å². The molecule has 0 radical (unpaired) electrons. The summed E-state index contributed by atoms with van der Waals surface area (Å²) in [6.45, 7) is 6.92. The summed E-state index contributed by atoms with van der Waals surface area (Å²) in [4.78, 5) is 2.07. The Morgan fingerprint density at radius 3 is 2.69 bits per heavy atom. The second-order valence-electron chi connectivity index (χ2n) is 6.97. The molecule has 26 heavy (non-hydrogen) atoms. The van der Waals surface area contributed by atoms with Crippen LogP contribution in [0.4, 0.5) is 5.69 Å². The Morgan fingerprint density at radius 1 is 1.23 bits per heavy atom. The van der Waals surface area contributed by atoms with Crippen LogP contribution in [-0.2, 0) is 6.42 Å². The lowest BCUT2D eigenvalue weighted by atomic mass is 9.89. The molecule has 0 spiro atoms. The average molecular weight is 369 g/mol. The Kier molecular flexibility index (Phi) is 4.27. The highest BCUT2D eigenvalue weighted by Crippen LogP contribution is 2.46. The van der Waals surface area contributed by atoms with E-state index < -0.39 is 5.72 Å². The predicted octanol–water partition coefficient (Wildman–Crippen LogP) is 4.58. The van der Waals surface area contributed by atoms with Crippen LogP contribution in [-0.4, -0.2) is 17.4 Å². The van der Waals surface area contributed by atoms with Crippen LogP contribution in [0.5, 0.6) is 11.5 Å². The first kappa shape index (κ1) is 17.2. The molecule has 136 valence electrons. The SMILES string of the molecule is CCOc1ccc(N2C(=S)NC3CC2(C)Oc2ccc(CC)cc23)cc1. The lowest BCUT2D eigenvalue weighted by Gasteiger charge is -2.52. The summed E-state index contributed by atoms with van der Waals surface area (Å²) >= 11 is 5.71. The highest BCUT2D eigenvalue weighted by Gasteiger charge is 2.48. The summed E-state index contributed by atoms with van der Waals surface area (Å²) in [6.07, 6.45) is 1.85. The fourth-order valence-electron chi connectivity index (χ4n) is 3.89. The molecule has 0 aliphatic carbocycles. The second kappa shape index (κ2) is 6.47. The van der Waals surface area contributed by atoms with Gasteiger partial charge in [0.25, 0.3) is 0 Å². The van der Waals surface area contributed by atoms with E-state index in [-0.39, 0.29) is 6.04 Å². The van der Waals surface area contributed by atoms with Gasteiger partial charge in [0.1, 0.15) is 11.5 Å². The van der Waals surface area contributed by atoms with Gasteiger partial charge in [-0.25, -0.2) is 0 Å². The summed E-state index contributed by atoms with van der Waals surface area (Å²) in [7, 11) is 0. The molecule has 1 fully saturated rings. The number of hydrogen-bond donors (Lipinski definition) is 1. The van der Waals surface area contributed by atoms with E-state index in [9.17, 15) is 0 Å². The van der Waals surface area contributed by atoms with Crippen LogP contribution in [0, 0.1) is 0 Å². The lowest BCUT2D eigenvalue weighted by molar-refractivity contribution is 0.0497. The third kappa shape index (κ3) is 2.80. The van der Waals surface area contributed by atoms with Gasteiger partial charge >= 0.3 is 0 Å². The summed E-state index contributed by atoms with van der Waals surface area (Å²) in [6, 6.07) is 14.7. The van der Waals surface area contributed by atoms with Gasteiger partial charge < -0.3 is 14.8 Å². The molecule has 0 aromatic heterocycles. The van der Waals surface area contributed by atoms with E-state index in [1.807, 2.05) is 31.2 Å². The summed E-state index contributed by atoms with van der Waals surface area (Å²) in [5, 5.41) is 4.21. The molecule has 2 heterocycles. The molecule has 2 aliphatic heterocycles. The van der Waals surface area contributed by atoms with E-state index in [2.05, 4.69) is 42.3 Å². The molecule has 0 saturated carbocycles. The highest BCUT2D eigenvalue weighted by atomic mass is 32.1. The van der Waals surface area contributed by atoms with E-state index in [1.54, 1.807) is 0 Å². The maximum absolute atomic E-state index is 6.47. The molecule has 4 nitrogen and oxygen atoms in total. The lowest BCUT2D eigenvalue weighted by Crippen LogP contribution is -2.65. The van der Waals surface area contributed by atoms with E-state index >= 15 is 0 Å². The Labute approximate surface area is 160 Å². The molecule has 2 bridgehead atoms. The van der Waals surface area contributed by atoms with Gasteiger partial charge in [-0.15, -0.1) is 0 Å². The van der Waals surface area contributed by atoms with Gasteiger partial charge in [0, 0.05) is 17.7 Å². The second-order valence-corrected chi connectivity index (χ2v) is 7.36. The van der Waals surface area contributed by atoms with Gasteiger partial charge in [0.05, 0.1) is 12.6 Å². The largest absolute Gasteiger partial charge is 0.494 e. The fourth-order valence-corrected chi connectivity index (χ4v) is 4.33. The zero-order valence-electron chi connectivity index (χ0n) is 15.4. The van der Waals surface area contributed by atoms with Gasteiger partial charge in [-0.3, -0.25) is 4.90 Å². The number of nitrogens with zero attached hydrogens (tertiary/aromatic N) is 1. The van der Waals surface area contributed by atoms with Crippen LogP contribution in [0.3, 0.4) is 0 Å². The molecule has 1 saturated heterocycles. The average Bonchev–Trinajstić information content (AvgIpc) is 2.62. The van der Waals surface area contributed by atoms with Crippen molar-refractivity contribution in [3.63, 3.8) is 0 Å². The van der Waals surface area contributed by atoms with Crippen molar-refractivity contribution in [2.45, 2.75) is 45.4 Å². The number of aryl methyl sites for hydroxylation is 1. The van der Waals surface area contributed by atoms with E-state index in [1.165, 1.54) is 11.1 Å². The van der Waals surface area contributed by atoms with Crippen LogP contribution in [0.1, 0.15) is 44.4 Å². The minimum absolute atomic E-state index is 0.182. The number of benzene rings is 2. The Balaban J connectivity index is 1.70. The first-order valence-electron chi connectivity index (χ1n) is 9.19. The fraction of sp³-hybridized carbons (Fsp3) is 0.381. The van der Waals surface area contributed by atoms with Crippen LogP contribution < -0.4 is 19.7 Å². The van der Waals surface area contributed by atoms with Crippen LogP contribution in [0.15, 0.2) is 42.5 Å². The number of ether oxygens (including phenoxy) is 2. The van der Waals surface area contributed by atoms with E-state index in [0.717, 1.165) is 30.0 Å². The standard InChI is InChI=1S/C21H24N2O2S/c1-4-14-6-11-19-17(12-14)18-13-21(3,25-19)23(20(26)22-18)15-7-9-16(10-8-15)24-5-2/h6-12,18H,4-5,13H2,1-3H3,(H,22,26). The minimum atomic E-state index is -0.513. The van der Waals surface area contributed by atoms with E-state index in [4.69, 9.17) is 21.7 Å². The Bertz CT molecular complexity index is 836. The number of fused-ring (bicyclic) bond motifs is 4. The number of nitrogens with one attached hydrogen (secondary N) is 1. The summed E-state index contributed by atoms with van der Waals surface area (Å²) < 4.78 is 12.0. The maximum Gasteiger partial charge on any atom is 0.188 e. The first-order chi connectivity index (χ1) is 12.5. The summed E-state index contributed by atoms with van der Waals surface area (Å²) in [5.41, 5.74) is 3.01. The number of rotatable bonds is 4. The molecule has 2 atom stereocenters. The van der Waals surface area contributed by atoms with Gasteiger partial charge in [0.2, 0.25) is 0 Å². The third-order valence-corrected chi connectivity index (χ3v) is 5.45. The monoisotopic (exact) mass is 368 g/mol. The van der Waals surface area contributed by atoms with Crippen LogP contribution in [0.2, 0.25) is 0 Å². The maximum atomic E-state index is 6.47. The predicted molar refractivity (Wildman–Crippen MR) is 108 cm³/mol. The molecular weight excluding hydrogens is 344 g/mol. The normalized spacial score (nSPS) is 23.7. The molecule has 0 amide bonds. The van der Waals surface area contributed by atoms with Gasteiger partial charge in [-0.1, -0.05) is 19.1 Å². The van der Waals surface area contributed by atoms with Crippen molar-refractivity contribution in [2.24, 2.45) is 0 Å². The zero-order valence-corrected chi connectivity index (χ0v) is 16.2. The quantitative estimate of drug-likeness (QED) is 0.799. The molecule has 2 aromatic rings. The molecule has 1 N–H and O–H groups in total. The molecule has 4 rings (SSSR count). The van der Waals surface area contributed by atoms with Crippen LogP contribution >= 0.6 is 12.2 Å². The van der Waals surface area contributed by atoms with Crippen molar-refractivity contribution in [2.75, 3.05) is 11.5 Å². The van der Waals surface area contributed by atoms with Crippen molar-refractivity contribution in [1.29, 1.82) is 0 Å². The van der Waals surface area contributed by atoms with Crippen molar-refractivity contribution in [3.8, 4) is 11.5 Å². The molecular formula is C21H24N2O2S. The molecule has 2 aliphatic rings. The Hall–Kier alpha value is -2.27. The van der Waals surface area contributed by atoms with Gasteiger partial charge in [-0.2, -0.15) is 0 Å². The molecule has 2 unspecified atom stereocenters.